The van der Waals surface area contributed by atoms with Crippen molar-refractivity contribution < 1.29 is 18.7 Å². The summed E-state index contributed by atoms with van der Waals surface area (Å²) in [7, 11) is 0. The predicted octanol–water partition coefficient (Wildman–Crippen LogP) is 5.03. The van der Waals surface area contributed by atoms with Gasteiger partial charge in [-0.15, -0.1) is 0 Å². The summed E-state index contributed by atoms with van der Waals surface area (Å²) in [4.78, 5) is 25.1. The third-order valence-corrected chi connectivity index (χ3v) is 4.78. The average molecular weight is 414 g/mol. The van der Waals surface area contributed by atoms with Gasteiger partial charge in [-0.3, -0.25) is 4.79 Å². The number of carbonyl (C=O) groups excluding carboxylic acids is 2. The van der Waals surface area contributed by atoms with E-state index < -0.39 is 24.2 Å². The van der Waals surface area contributed by atoms with Gasteiger partial charge in [-0.25, -0.2) is 13.9 Å². The third kappa shape index (κ3) is 4.59. The molecule has 3 aromatic carbocycles. The minimum Gasteiger partial charge on any atom is -0.454 e. The number of nitrogens with zero attached hydrogens (tertiary/aromatic N) is 2. The van der Waals surface area contributed by atoms with Crippen molar-refractivity contribution in [3.63, 3.8) is 0 Å². The fourth-order valence-electron chi connectivity index (χ4n) is 3.09. The van der Waals surface area contributed by atoms with Crippen LogP contribution < -0.4 is 0 Å². The van der Waals surface area contributed by atoms with Crippen molar-refractivity contribution in [2.24, 2.45) is 0 Å². The lowest BCUT2D eigenvalue weighted by atomic mass is 10.1. The van der Waals surface area contributed by atoms with E-state index in [1.54, 1.807) is 10.9 Å². The summed E-state index contributed by atoms with van der Waals surface area (Å²) in [6, 6.07) is 22.1. The number of aromatic nitrogens is 2. The van der Waals surface area contributed by atoms with Crippen LogP contribution >= 0.6 is 0 Å². The summed E-state index contributed by atoms with van der Waals surface area (Å²) in [6.07, 6.45) is 1.59. The molecular weight excluding hydrogens is 395 g/mol. The second kappa shape index (κ2) is 8.75. The topological polar surface area (TPSA) is 61.2 Å². The van der Waals surface area contributed by atoms with Crippen molar-refractivity contribution >= 4 is 11.8 Å². The van der Waals surface area contributed by atoms with Gasteiger partial charge in [0.25, 0.3) is 0 Å². The van der Waals surface area contributed by atoms with E-state index in [0.29, 0.717) is 5.69 Å². The molecule has 31 heavy (non-hydrogen) atoms. The number of rotatable bonds is 6. The molecule has 4 rings (SSSR count). The molecule has 154 valence electrons. The number of Topliss-reactive ketones (excluding diaryl/α,β-unsaturated/α-hetero) is 1. The second-order valence-electron chi connectivity index (χ2n) is 7.04. The van der Waals surface area contributed by atoms with E-state index in [4.69, 9.17) is 4.74 Å². The van der Waals surface area contributed by atoms with Crippen LogP contribution in [0.5, 0.6) is 0 Å². The molecule has 0 N–H and O–H groups in total. The fourth-order valence-corrected chi connectivity index (χ4v) is 3.09. The number of aryl methyl sites for hydroxylation is 1. The van der Waals surface area contributed by atoms with Gasteiger partial charge in [0.15, 0.2) is 12.4 Å². The van der Waals surface area contributed by atoms with Crippen molar-refractivity contribution in [3.05, 3.63) is 108 Å². The number of carbonyl (C=O) groups is 2. The van der Waals surface area contributed by atoms with Gasteiger partial charge in [0.2, 0.25) is 0 Å². The number of hydrogen-bond acceptors (Lipinski definition) is 4. The average Bonchev–Trinajstić information content (AvgIpc) is 3.24. The zero-order valence-electron chi connectivity index (χ0n) is 16.8. The van der Waals surface area contributed by atoms with Crippen LogP contribution in [0.4, 0.5) is 4.39 Å². The number of ketones is 1. The molecule has 0 saturated heterocycles. The summed E-state index contributed by atoms with van der Waals surface area (Å²) in [6.45, 7) is 1.52. The standard InChI is InChI=1S/C25H19FN2O3/c1-17-7-9-19(10-8-17)24-22(15-28(27-24)21-5-3-2-4-6-21)25(30)31-16-23(29)18-11-13-20(26)14-12-18/h2-15H,16H2,1H3. The van der Waals surface area contributed by atoms with E-state index in [9.17, 15) is 14.0 Å². The first-order chi connectivity index (χ1) is 15.0. The molecule has 0 amide bonds. The van der Waals surface area contributed by atoms with Gasteiger partial charge in [0, 0.05) is 17.3 Å². The molecule has 0 spiro atoms. The maximum Gasteiger partial charge on any atom is 0.342 e. The van der Waals surface area contributed by atoms with E-state index in [0.717, 1.165) is 16.8 Å². The van der Waals surface area contributed by atoms with Crippen LogP contribution in [0.3, 0.4) is 0 Å². The SMILES string of the molecule is Cc1ccc(-c2nn(-c3ccccc3)cc2C(=O)OCC(=O)c2ccc(F)cc2)cc1. The minimum absolute atomic E-state index is 0.250. The van der Waals surface area contributed by atoms with Gasteiger partial charge in [0.05, 0.1) is 5.69 Å². The Hall–Kier alpha value is -4.06. The number of esters is 1. The van der Waals surface area contributed by atoms with E-state index in [2.05, 4.69) is 5.10 Å². The molecule has 0 aliphatic carbocycles. The molecule has 0 saturated carbocycles. The van der Waals surface area contributed by atoms with Crippen LogP contribution in [0, 0.1) is 12.7 Å². The van der Waals surface area contributed by atoms with Gasteiger partial charge in [0.1, 0.15) is 17.1 Å². The van der Waals surface area contributed by atoms with E-state index in [1.165, 1.54) is 24.3 Å². The Bertz CT molecular complexity index is 1210. The van der Waals surface area contributed by atoms with Crippen LogP contribution in [0.25, 0.3) is 16.9 Å². The molecule has 6 heteroatoms. The molecule has 0 aliphatic heterocycles. The molecule has 0 fully saturated rings. The first-order valence-electron chi connectivity index (χ1n) is 9.69. The Kier molecular flexibility index (Phi) is 5.71. The minimum atomic E-state index is -0.659. The lowest BCUT2D eigenvalue weighted by Crippen LogP contribution is -2.14. The van der Waals surface area contributed by atoms with Crippen molar-refractivity contribution in [2.45, 2.75) is 6.92 Å². The zero-order chi connectivity index (χ0) is 21.8. The number of benzene rings is 3. The van der Waals surface area contributed by atoms with Crippen molar-refractivity contribution in [3.8, 4) is 16.9 Å². The van der Waals surface area contributed by atoms with Crippen LogP contribution in [-0.2, 0) is 4.74 Å². The lowest BCUT2D eigenvalue weighted by molar-refractivity contribution is 0.0475. The highest BCUT2D eigenvalue weighted by molar-refractivity contribution is 6.01. The first kappa shape index (κ1) is 20.2. The maximum absolute atomic E-state index is 13.1. The Morgan fingerprint density at radius 2 is 1.61 bits per heavy atom. The van der Waals surface area contributed by atoms with Gasteiger partial charge >= 0.3 is 5.97 Å². The number of halogens is 1. The van der Waals surface area contributed by atoms with Crippen LogP contribution in [-0.4, -0.2) is 28.1 Å². The molecule has 1 aromatic heterocycles. The summed E-state index contributed by atoms with van der Waals surface area (Å²) < 4.78 is 19.9. The molecule has 0 radical (unpaired) electrons. The van der Waals surface area contributed by atoms with Gasteiger partial charge in [-0.2, -0.15) is 5.10 Å². The largest absolute Gasteiger partial charge is 0.454 e. The molecule has 0 bridgehead atoms. The smallest absolute Gasteiger partial charge is 0.342 e. The highest BCUT2D eigenvalue weighted by Gasteiger charge is 2.21. The monoisotopic (exact) mass is 414 g/mol. The quantitative estimate of drug-likeness (QED) is 0.328. The van der Waals surface area contributed by atoms with Gasteiger partial charge < -0.3 is 4.74 Å². The Morgan fingerprint density at radius 1 is 0.935 bits per heavy atom. The fraction of sp³-hybridized carbons (Fsp3) is 0.0800. The Balaban J connectivity index is 1.61. The highest BCUT2D eigenvalue weighted by atomic mass is 19.1. The molecule has 0 unspecified atom stereocenters. The molecule has 0 atom stereocenters. The van der Waals surface area contributed by atoms with Gasteiger partial charge in [-0.05, 0) is 43.3 Å². The number of ether oxygens (including phenoxy) is 1. The Morgan fingerprint density at radius 3 is 2.29 bits per heavy atom. The summed E-state index contributed by atoms with van der Waals surface area (Å²) >= 11 is 0. The predicted molar refractivity (Wildman–Crippen MR) is 115 cm³/mol. The number of hydrogen-bond donors (Lipinski definition) is 0. The summed E-state index contributed by atoms with van der Waals surface area (Å²) in [5, 5.41) is 4.59. The van der Waals surface area contributed by atoms with Crippen LogP contribution in [0.1, 0.15) is 26.3 Å². The normalized spacial score (nSPS) is 10.6. The summed E-state index contributed by atoms with van der Waals surface area (Å²) in [5.41, 5.74) is 3.62. The molecular formula is C25H19FN2O3. The molecule has 5 nitrogen and oxygen atoms in total. The highest BCUT2D eigenvalue weighted by Crippen LogP contribution is 2.25. The molecule has 1 heterocycles. The van der Waals surface area contributed by atoms with Gasteiger partial charge in [-0.1, -0.05) is 48.0 Å². The van der Waals surface area contributed by atoms with Crippen LogP contribution in [0.15, 0.2) is 85.1 Å². The zero-order valence-corrected chi connectivity index (χ0v) is 16.8. The summed E-state index contributed by atoms with van der Waals surface area (Å²) in [5.74, 6) is -1.52. The molecule has 0 aliphatic rings. The van der Waals surface area contributed by atoms with Crippen molar-refractivity contribution in [1.29, 1.82) is 0 Å². The Labute approximate surface area is 178 Å². The van der Waals surface area contributed by atoms with Crippen LogP contribution in [0.2, 0.25) is 0 Å². The molecule has 4 aromatic rings. The maximum atomic E-state index is 13.1. The first-order valence-corrected chi connectivity index (χ1v) is 9.69. The van der Waals surface area contributed by atoms with E-state index in [1.807, 2.05) is 61.5 Å². The second-order valence-corrected chi connectivity index (χ2v) is 7.04. The van der Waals surface area contributed by atoms with E-state index >= 15 is 0 Å². The third-order valence-electron chi connectivity index (χ3n) is 4.78. The van der Waals surface area contributed by atoms with Crippen molar-refractivity contribution in [2.75, 3.05) is 6.61 Å². The van der Waals surface area contributed by atoms with E-state index in [-0.39, 0.29) is 11.1 Å². The lowest BCUT2D eigenvalue weighted by Gasteiger charge is -2.05. The van der Waals surface area contributed by atoms with Crippen molar-refractivity contribution in [1.82, 2.24) is 9.78 Å². The number of para-hydroxylation sites is 1.